The van der Waals surface area contributed by atoms with E-state index >= 15 is 0 Å². The number of para-hydroxylation sites is 1. The van der Waals surface area contributed by atoms with Crippen LogP contribution in [0.25, 0.3) is 17.3 Å². The molecule has 124 valence electrons. The first-order chi connectivity index (χ1) is 12.2. The first-order valence-electron chi connectivity index (χ1n) is 7.87. The first kappa shape index (κ1) is 15.7. The maximum Gasteiger partial charge on any atom is 0.256 e. The Balaban J connectivity index is 1.86. The molecule has 0 unspecified atom stereocenters. The van der Waals surface area contributed by atoms with Crippen LogP contribution >= 0.6 is 11.6 Å². The van der Waals surface area contributed by atoms with Crippen molar-refractivity contribution in [2.24, 2.45) is 0 Å². The lowest BCUT2D eigenvalue weighted by molar-refractivity contribution is -0.110. The van der Waals surface area contributed by atoms with Crippen molar-refractivity contribution in [3.8, 4) is 5.69 Å². The number of benzene rings is 2. The van der Waals surface area contributed by atoms with Crippen molar-refractivity contribution in [3.05, 3.63) is 82.6 Å². The number of anilines is 1. The van der Waals surface area contributed by atoms with Crippen LogP contribution in [0.3, 0.4) is 0 Å². The van der Waals surface area contributed by atoms with Gasteiger partial charge >= 0.3 is 0 Å². The molecule has 0 radical (unpaired) electrons. The average Bonchev–Trinajstić information content (AvgIpc) is 3.17. The van der Waals surface area contributed by atoms with Crippen LogP contribution in [0, 0.1) is 0 Å². The number of hydrogen-bond acceptors (Lipinski definition) is 2. The van der Waals surface area contributed by atoms with Gasteiger partial charge in [0.15, 0.2) is 0 Å². The van der Waals surface area contributed by atoms with Crippen LogP contribution in [0.5, 0.6) is 0 Å². The van der Waals surface area contributed by atoms with E-state index in [1.54, 1.807) is 12.1 Å². The lowest BCUT2D eigenvalue weighted by Gasteiger charge is -2.11. The van der Waals surface area contributed by atoms with Gasteiger partial charge in [0.2, 0.25) is 0 Å². The zero-order chi connectivity index (χ0) is 17.4. The Labute approximate surface area is 150 Å². The van der Waals surface area contributed by atoms with Crippen LogP contribution in [0.2, 0.25) is 5.02 Å². The third-order valence-electron chi connectivity index (χ3n) is 4.24. The van der Waals surface area contributed by atoms with Gasteiger partial charge in [-0.05, 0) is 48.5 Å². The summed E-state index contributed by atoms with van der Waals surface area (Å²) in [5, 5.41) is 13.2. The molecule has 4 rings (SSSR count). The summed E-state index contributed by atoms with van der Waals surface area (Å²) in [6, 6.07) is 18.7. The molecule has 25 heavy (non-hydrogen) atoms. The summed E-state index contributed by atoms with van der Waals surface area (Å²) in [6.45, 7) is -0.103. The summed E-state index contributed by atoms with van der Waals surface area (Å²) in [7, 11) is 0. The molecule has 0 saturated carbocycles. The van der Waals surface area contributed by atoms with Crippen LogP contribution < -0.4 is 5.32 Å². The van der Waals surface area contributed by atoms with Crippen molar-refractivity contribution >= 4 is 34.8 Å². The van der Waals surface area contributed by atoms with Crippen LogP contribution in [0.1, 0.15) is 17.0 Å². The molecule has 2 heterocycles. The van der Waals surface area contributed by atoms with E-state index in [0.29, 0.717) is 10.6 Å². The van der Waals surface area contributed by atoms with Crippen molar-refractivity contribution in [1.82, 2.24) is 4.57 Å². The number of aromatic nitrogens is 1. The normalized spacial score (nSPS) is 14.6. The molecule has 1 aromatic heterocycles. The van der Waals surface area contributed by atoms with Gasteiger partial charge in [0, 0.05) is 33.3 Å². The predicted octanol–water partition coefficient (Wildman–Crippen LogP) is 4.12. The summed E-state index contributed by atoms with van der Waals surface area (Å²) in [6.07, 6.45) is 1.84. The highest BCUT2D eigenvalue weighted by atomic mass is 35.5. The van der Waals surface area contributed by atoms with Crippen molar-refractivity contribution < 1.29 is 9.90 Å². The number of aliphatic hydroxyl groups is 1. The second-order valence-electron chi connectivity index (χ2n) is 5.78. The highest BCUT2D eigenvalue weighted by molar-refractivity contribution is 6.34. The smallest absolute Gasteiger partial charge is 0.256 e. The van der Waals surface area contributed by atoms with Crippen molar-refractivity contribution in [1.29, 1.82) is 0 Å². The van der Waals surface area contributed by atoms with Gasteiger partial charge in [-0.2, -0.15) is 0 Å². The summed E-state index contributed by atoms with van der Waals surface area (Å²) < 4.78 is 1.91. The molecule has 5 heteroatoms. The number of halogens is 1. The van der Waals surface area contributed by atoms with Crippen LogP contribution in [0.4, 0.5) is 5.69 Å². The molecule has 2 N–H and O–H groups in total. The molecule has 0 atom stereocenters. The molecule has 0 spiro atoms. The Kier molecular flexibility index (Phi) is 3.92. The number of hydrogen-bond donors (Lipinski definition) is 2. The monoisotopic (exact) mass is 350 g/mol. The van der Waals surface area contributed by atoms with Gasteiger partial charge in [-0.25, -0.2) is 0 Å². The molecule has 4 nitrogen and oxygen atoms in total. The SMILES string of the molecule is O=C1Nc2ccccc2/C1=C/c1ccc(CO)n1-c1ccc(Cl)cc1. The lowest BCUT2D eigenvalue weighted by Crippen LogP contribution is -2.05. The van der Waals surface area contributed by atoms with Gasteiger partial charge in [0.05, 0.1) is 12.2 Å². The summed E-state index contributed by atoms with van der Waals surface area (Å²) >= 11 is 5.98. The Morgan fingerprint density at radius 1 is 1.04 bits per heavy atom. The number of fused-ring (bicyclic) bond motifs is 1. The number of carbonyl (C=O) groups is 1. The number of rotatable bonds is 3. The number of carbonyl (C=O) groups excluding carboxylic acids is 1. The van der Waals surface area contributed by atoms with E-state index in [1.807, 2.05) is 59.2 Å². The van der Waals surface area contributed by atoms with Gasteiger partial charge in [-0.1, -0.05) is 29.8 Å². The molecule has 1 aliphatic heterocycles. The highest BCUT2D eigenvalue weighted by Crippen LogP contribution is 2.33. The van der Waals surface area contributed by atoms with E-state index < -0.39 is 0 Å². The van der Waals surface area contributed by atoms with Gasteiger partial charge in [0.25, 0.3) is 5.91 Å². The Morgan fingerprint density at radius 2 is 1.80 bits per heavy atom. The highest BCUT2D eigenvalue weighted by Gasteiger charge is 2.24. The fourth-order valence-electron chi connectivity index (χ4n) is 3.07. The van der Waals surface area contributed by atoms with E-state index in [4.69, 9.17) is 11.6 Å². The van der Waals surface area contributed by atoms with Crippen LogP contribution in [-0.4, -0.2) is 15.6 Å². The molecular formula is C20H15ClN2O2. The van der Waals surface area contributed by atoms with Crippen molar-refractivity contribution in [2.75, 3.05) is 5.32 Å². The minimum Gasteiger partial charge on any atom is -0.390 e. The zero-order valence-electron chi connectivity index (χ0n) is 13.2. The van der Waals surface area contributed by atoms with Crippen molar-refractivity contribution in [3.63, 3.8) is 0 Å². The van der Waals surface area contributed by atoms with Crippen LogP contribution in [0.15, 0.2) is 60.7 Å². The quantitative estimate of drug-likeness (QED) is 0.698. The van der Waals surface area contributed by atoms with E-state index in [-0.39, 0.29) is 12.5 Å². The maximum atomic E-state index is 12.3. The number of nitrogens with zero attached hydrogens (tertiary/aromatic N) is 1. The predicted molar refractivity (Wildman–Crippen MR) is 99.6 cm³/mol. The van der Waals surface area contributed by atoms with E-state index in [9.17, 15) is 9.90 Å². The largest absolute Gasteiger partial charge is 0.390 e. The van der Waals surface area contributed by atoms with E-state index in [0.717, 1.165) is 28.3 Å². The van der Waals surface area contributed by atoms with E-state index in [1.165, 1.54) is 0 Å². The van der Waals surface area contributed by atoms with Gasteiger partial charge in [-0.3, -0.25) is 4.79 Å². The molecule has 0 bridgehead atoms. The second-order valence-corrected chi connectivity index (χ2v) is 6.21. The lowest BCUT2D eigenvalue weighted by atomic mass is 10.1. The summed E-state index contributed by atoms with van der Waals surface area (Å²) in [5.74, 6) is -0.129. The third-order valence-corrected chi connectivity index (χ3v) is 4.49. The summed E-state index contributed by atoms with van der Waals surface area (Å²) in [5.41, 5.74) is 4.71. The van der Waals surface area contributed by atoms with Gasteiger partial charge in [-0.15, -0.1) is 0 Å². The Morgan fingerprint density at radius 3 is 2.56 bits per heavy atom. The fraction of sp³-hybridized carbons (Fsp3) is 0.0500. The first-order valence-corrected chi connectivity index (χ1v) is 8.25. The topological polar surface area (TPSA) is 54.3 Å². The van der Waals surface area contributed by atoms with E-state index in [2.05, 4.69) is 5.32 Å². The molecule has 0 fully saturated rings. The second kappa shape index (κ2) is 6.24. The molecule has 2 aromatic carbocycles. The summed E-state index contributed by atoms with van der Waals surface area (Å²) in [4.78, 5) is 12.3. The standard InChI is InChI=1S/C20H15ClN2O2/c21-13-5-7-14(8-6-13)23-15(9-10-16(23)12-24)11-18-17-3-1-2-4-19(17)22-20(18)25/h1-11,24H,12H2,(H,22,25)/b18-11-. The number of amides is 1. The fourth-order valence-corrected chi connectivity index (χ4v) is 3.19. The molecule has 3 aromatic rings. The molecule has 0 saturated heterocycles. The zero-order valence-corrected chi connectivity index (χ0v) is 14.0. The Hall–Kier alpha value is -2.82. The third kappa shape index (κ3) is 2.76. The van der Waals surface area contributed by atoms with Crippen molar-refractivity contribution in [2.45, 2.75) is 6.61 Å². The molecule has 1 amide bonds. The Bertz CT molecular complexity index is 987. The molecular weight excluding hydrogens is 336 g/mol. The van der Waals surface area contributed by atoms with Crippen LogP contribution in [-0.2, 0) is 11.4 Å². The number of nitrogens with one attached hydrogen (secondary N) is 1. The van der Waals surface area contributed by atoms with Gasteiger partial charge in [0.1, 0.15) is 0 Å². The number of aliphatic hydroxyl groups excluding tert-OH is 1. The minimum absolute atomic E-state index is 0.103. The molecule has 0 aliphatic carbocycles. The minimum atomic E-state index is -0.129. The average molecular weight is 351 g/mol. The molecule has 1 aliphatic rings. The van der Waals surface area contributed by atoms with Gasteiger partial charge < -0.3 is 15.0 Å². The maximum absolute atomic E-state index is 12.3.